The first-order valence-electron chi connectivity index (χ1n) is 7.66. The van der Waals surface area contributed by atoms with Crippen LogP contribution in [0, 0.1) is 6.92 Å². The van der Waals surface area contributed by atoms with E-state index in [1.54, 1.807) is 12.1 Å². The fourth-order valence-electron chi connectivity index (χ4n) is 2.31. The standard InChI is InChI=1S/C18H18ClNO4/c1-12-6-7-14(19)17(8-12)23-11-18(21)20-9-13-10-22-15-4-2-3-5-16(15)24-13/h2-8,13H,9-11H2,1H3,(H,20,21)/t13-/m0/s1. The van der Waals surface area contributed by atoms with Gasteiger partial charge in [0.2, 0.25) is 0 Å². The smallest absolute Gasteiger partial charge is 0.258 e. The molecule has 0 spiro atoms. The normalized spacial score (nSPS) is 15.7. The average Bonchev–Trinajstić information content (AvgIpc) is 2.60. The highest BCUT2D eigenvalue weighted by Gasteiger charge is 2.21. The molecule has 1 heterocycles. The molecule has 1 atom stereocenters. The van der Waals surface area contributed by atoms with Gasteiger partial charge in [0.1, 0.15) is 18.5 Å². The number of hydrogen-bond acceptors (Lipinski definition) is 4. The minimum atomic E-state index is -0.241. The molecular formula is C18H18ClNO4. The first kappa shape index (κ1) is 16.5. The maximum absolute atomic E-state index is 11.9. The van der Waals surface area contributed by atoms with Crippen LogP contribution in [0.5, 0.6) is 17.2 Å². The number of carbonyl (C=O) groups excluding carboxylic acids is 1. The fourth-order valence-corrected chi connectivity index (χ4v) is 2.48. The van der Waals surface area contributed by atoms with Crippen LogP contribution >= 0.6 is 11.6 Å². The average molecular weight is 348 g/mol. The maximum atomic E-state index is 11.9. The lowest BCUT2D eigenvalue weighted by Crippen LogP contribution is -2.42. The lowest BCUT2D eigenvalue weighted by Gasteiger charge is -2.26. The number of benzene rings is 2. The van der Waals surface area contributed by atoms with Crippen molar-refractivity contribution in [3.8, 4) is 17.2 Å². The predicted molar refractivity (Wildman–Crippen MR) is 91.0 cm³/mol. The first-order valence-corrected chi connectivity index (χ1v) is 8.04. The molecule has 1 amide bonds. The Morgan fingerprint density at radius 3 is 2.92 bits per heavy atom. The molecule has 0 aliphatic carbocycles. The molecule has 3 rings (SSSR count). The number of ether oxygens (including phenoxy) is 3. The molecule has 1 N–H and O–H groups in total. The summed E-state index contributed by atoms with van der Waals surface area (Å²) in [5.74, 6) is 1.66. The molecule has 6 heteroatoms. The van der Waals surface area contributed by atoms with Crippen LogP contribution in [0.4, 0.5) is 0 Å². The summed E-state index contributed by atoms with van der Waals surface area (Å²) in [6, 6.07) is 12.9. The van der Waals surface area contributed by atoms with Crippen LogP contribution in [-0.2, 0) is 4.79 Å². The van der Waals surface area contributed by atoms with Crippen LogP contribution in [0.2, 0.25) is 5.02 Å². The van der Waals surface area contributed by atoms with Gasteiger partial charge >= 0.3 is 0 Å². The van der Waals surface area contributed by atoms with Crippen LogP contribution in [0.25, 0.3) is 0 Å². The van der Waals surface area contributed by atoms with Gasteiger partial charge in [0.15, 0.2) is 18.1 Å². The number of carbonyl (C=O) groups is 1. The van der Waals surface area contributed by atoms with Crippen molar-refractivity contribution in [2.45, 2.75) is 13.0 Å². The van der Waals surface area contributed by atoms with Gasteiger partial charge in [0.05, 0.1) is 11.6 Å². The van der Waals surface area contributed by atoms with E-state index < -0.39 is 0 Å². The predicted octanol–water partition coefficient (Wildman–Crippen LogP) is 2.98. The van der Waals surface area contributed by atoms with Crippen molar-refractivity contribution in [1.29, 1.82) is 0 Å². The van der Waals surface area contributed by atoms with E-state index in [4.69, 9.17) is 25.8 Å². The van der Waals surface area contributed by atoms with Crippen molar-refractivity contribution in [3.63, 3.8) is 0 Å². The van der Waals surface area contributed by atoms with Gasteiger partial charge in [-0.15, -0.1) is 0 Å². The zero-order valence-electron chi connectivity index (χ0n) is 13.3. The van der Waals surface area contributed by atoms with Crippen molar-refractivity contribution >= 4 is 17.5 Å². The van der Waals surface area contributed by atoms with E-state index in [2.05, 4.69) is 5.32 Å². The molecule has 5 nitrogen and oxygen atoms in total. The van der Waals surface area contributed by atoms with Gasteiger partial charge in [-0.2, -0.15) is 0 Å². The Morgan fingerprint density at radius 2 is 2.08 bits per heavy atom. The summed E-state index contributed by atoms with van der Waals surface area (Å²) in [4.78, 5) is 11.9. The Balaban J connectivity index is 1.46. The third kappa shape index (κ3) is 4.11. The zero-order chi connectivity index (χ0) is 16.9. The Hall–Kier alpha value is -2.40. The molecule has 2 aromatic carbocycles. The van der Waals surface area contributed by atoms with Crippen LogP contribution in [-0.4, -0.2) is 31.8 Å². The summed E-state index contributed by atoms with van der Waals surface area (Å²) in [7, 11) is 0. The van der Waals surface area contributed by atoms with E-state index in [1.807, 2.05) is 37.3 Å². The Morgan fingerprint density at radius 1 is 1.29 bits per heavy atom. The van der Waals surface area contributed by atoms with Crippen molar-refractivity contribution in [2.75, 3.05) is 19.8 Å². The van der Waals surface area contributed by atoms with Gasteiger partial charge < -0.3 is 19.5 Å². The fraction of sp³-hybridized carbons (Fsp3) is 0.278. The summed E-state index contributed by atoms with van der Waals surface area (Å²) in [5.41, 5.74) is 1.02. The monoisotopic (exact) mass is 347 g/mol. The number of hydrogen-bond donors (Lipinski definition) is 1. The summed E-state index contributed by atoms with van der Waals surface area (Å²) >= 11 is 6.03. The molecule has 0 bridgehead atoms. The lowest BCUT2D eigenvalue weighted by atomic mass is 10.2. The number of rotatable bonds is 5. The third-order valence-corrected chi connectivity index (χ3v) is 3.85. The highest BCUT2D eigenvalue weighted by atomic mass is 35.5. The SMILES string of the molecule is Cc1ccc(Cl)c(OCC(=O)NC[C@H]2COc3ccccc3O2)c1. The number of amides is 1. The highest BCUT2D eigenvalue weighted by molar-refractivity contribution is 6.32. The summed E-state index contributed by atoms with van der Waals surface area (Å²) in [6.07, 6.45) is -0.230. The van der Waals surface area contributed by atoms with E-state index in [1.165, 1.54) is 0 Å². The van der Waals surface area contributed by atoms with Gasteiger partial charge in [-0.05, 0) is 36.8 Å². The number of halogens is 1. The van der Waals surface area contributed by atoms with Crippen molar-refractivity contribution in [1.82, 2.24) is 5.32 Å². The van der Waals surface area contributed by atoms with Crippen LogP contribution in [0.15, 0.2) is 42.5 Å². The van der Waals surface area contributed by atoms with Crippen LogP contribution < -0.4 is 19.5 Å². The first-order chi connectivity index (χ1) is 11.6. The molecule has 0 saturated heterocycles. The molecule has 24 heavy (non-hydrogen) atoms. The lowest BCUT2D eigenvalue weighted by molar-refractivity contribution is -0.123. The van der Waals surface area contributed by atoms with Gasteiger partial charge in [-0.25, -0.2) is 0 Å². The second kappa shape index (κ2) is 7.45. The molecular weight excluding hydrogens is 330 g/mol. The quantitative estimate of drug-likeness (QED) is 0.903. The van der Waals surface area contributed by atoms with E-state index in [-0.39, 0.29) is 18.6 Å². The summed E-state index contributed by atoms with van der Waals surface area (Å²) in [5, 5.41) is 3.26. The van der Waals surface area contributed by atoms with Crippen molar-refractivity contribution < 1.29 is 19.0 Å². The second-order valence-electron chi connectivity index (χ2n) is 5.52. The van der Waals surface area contributed by atoms with E-state index in [0.717, 1.165) is 11.3 Å². The second-order valence-corrected chi connectivity index (χ2v) is 5.93. The molecule has 1 aliphatic heterocycles. The van der Waals surface area contributed by atoms with E-state index in [0.29, 0.717) is 29.7 Å². The highest BCUT2D eigenvalue weighted by Crippen LogP contribution is 2.30. The number of aryl methyl sites for hydroxylation is 1. The maximum Gasteiger partial charge on any atom is 0.258 e. The number of fused-ring (bicyclic) bond motifs is 1. The number of para-hydroxylation sites is 2. The summed E-state index contributed by atoms with van der Waals surface area (Å²) < 4.78 is 16.8. The minimum absolute atomic E-state index is 0.104. The topological polar surface area (TPSA) is 56.8 Å². The Kier molecular flexibility index (Phi) is 5.11. The van der Waals surface area contributed by atoms with Crippen LogP contribution in [0.3, 0.4) is 0 Å². The third-order valence-electron chi connectivity index (χ3n) is 3.54. The molecule has 0 radical (unpaired) electrons. The number of nitrogens with one attached hydrogen (secondary N) is 1. The summed E-state index contributed by atoms with van der Waals surface area (Å²) in [6.45, 7) is 2.56. The van der Waals surface area contributed by atoms with Crippen molar-refractivity contribution in [3.05, 3.63) is 53.1 Å². The van der Waals surface area contributed by atoms with Gasteiger partial charge in [-0.3, -0.25) is 4.79 Å². The molecule has 2 aromatic rings. The molecule has 1 aliphatic rings. The molecule has 0 fully saturated rings. The van der Waals surface area contributed by atoms with Gasteiger partial charge in [0.25, 0.3) is 5.91 Å². The van der Waals surface area contributed by atoms with Gasteiger partial charge in [-0.1, -0.05) is 29.8 Å². The largest absolute Gasteiger partial charge is 0.486 e. The molecule has 126 valence electrons. The molecule has 0 saturated carbocycles. The van der Waals surface area contributed by atoms with Crippen LogP contribution in [0.1, 0.15) is 5.56 Å². The Labute approximate surface area is 145 Å². The van der Waals surface area contributed by atoms with E-state index in [9.17, 15) is 4.79 Å². The Bertz CT molecular complexity index is 735. The molecule has 0 aromatic heterocycles. The minimum Gasteiger partial charge on any atom is -0.486 e. The van der Waals surface area contributed by atoms with E-state index >= 15 is 0 Å². The molecule has 0 unspecified atom stereocenters. The zero-order valence-corrected chi connectivity index (χ0v) is 14.0. The van der Waals surface area contributed by atoms with Gasteiger partial charge in [0, 0.05) is 0 Å². The van der Waals surface area contributed by atoms with Crippen molar-refractivity contribution in [2.24, 2.45) is 0 Å².